The maximum Gasteiger partial charge on any atom is 0.286 e. The largest absolute Gasteiger partial charge is 0.459 e. The molecular weight excluding hydrogens is 285 g/mol. The van der Waals surface area contributed by atoms with Crippen LogP contribution in [0, 0.1) is 5.82 Å². The monoisotopic (exact) mass is 299 g/mol. The van der Waals surface area contributed by atoms with Crippen LogP contribution in [0.5, 0.6) is 0 Å². The third-order valence-corrected chi connectivity index (χ3v) is 3.15. The van der Waals surface area contributed by atoms with Crippen LogP contribution in [0.2, 0.25) is 0 Å². The summed E-state index contributed by atoms with van der Waals surface area (Å²) in [6.07, 6.45) is 3.86. The van der Waals surface area contributed by atoms with Gasteiger partial charge in [0, 0.05) is 19.2 Å². The average Bonchev–Trinajstić information content (AvgIpc) is 3.19. The highest BCUT2D eigenvalue weighted by molar-refractivity contribution is 5.91. The first-order chi connectivity index (χ1) is 10.7. The molecule has 0 aliphatic heterocycles. The maximum absolute atomic E-state index is 12.9. The highest BCUT2D eigenvalue weighted by atomic mass is 19.1. The molecule has 0 bridgehead atoms. The summed E-state index contributed by atoms with van der Waals surface area (Å²) in [7, 11) is 0. The van der Waals surface area contributed by atoms with Gasteiger partial charge in [-0.05, 0) is 42.5 Å². The summed E-state index contributed by atoms with van der Waals surface area (Å²) < 4.78 is 19.6. The Hall–Kier alpha value is -2.89. The molecule has 0 radical (unpaired) electrons. The van der Waals surface area contributed by atoms with Gasteiger partial charge in [-0.15, -0.1) is 0 Å². The van der Waals surface area contributed by atoms with Crippen LogP contribution in [-0.2, 0) is 6.42 Å². The van der Waals surface area contributed by atoms with Crippen molar-refractivity contribution in [3.8, 4) is 5.69 Å². The lowest BCUT2D eigenvalue weighted by Crippen LogP contribution is -2.25. The van der Waals surface area contributed by atoms with Crippen LogP contribution in [0.15, 0.2) is 59.3 Å². The summed E-state index contributed by atoms with van der Waals surface area (Å²) in [6.45, 7) is 0.458. The van der Waals surface area contributed by atoms with Crippen molar-refractivity contribution in [2.75, 3.05) is 6.54 Å². The maximum atomic E-state index is 12.9. The van der Waals surface area contributed by atoms with Crippen LogP contribution in [0.3, 0.4) is 0 Å². The molecule has 0 aliphatic rings. The van der Waals surface area contributed by atoms with Gasteiger partial charge in [0.25, 0.3) is 5.91 Å². The lowest BCUT2D eigenvalue weighted by Gasteiger charge is -2.02. The third kappa shape index (κ3) is 3.22. The zero-order valence-electron chi connectivity index (χ0n) is 11.7. The standard InChI is InChI=1S/C16H14FN3O2/c17-12-3-5-14(6-4-12)20-10-8-13(19-20)7-9-18-16(21)15-2-1-11-22-15/h1-6,8,10-11H,7,9H2,(H,18,21). The molecule has 0 aliphatic carbocycles. The van der Waals surface area contributed by atoms with Crippen LogP contribution in [0.4, 0.5) is 4.39 Å². The van der Waals surface area contributed by atoms with E-state index in [9.17, 15) is 9.18 Å². The fourth-order valence-corrected chi connectivity index (χ4v) is 2.03. The fraction of sp³-hybridized carbons (Fsp3) is 0.125. The van der Waals surface area contributed by atoms with E-state index in [2.05, 4.69) is 10.4 Å². The van der Waals surface area contributed by atoms with Crippen molar-refractivity contribution in [2.24, 2.45) is 0 Å². The number of benzene rings is 1. The Morgan fingerprint density at radius 3 is 2.77 bits per heavy atom. The molecule has 0 atom stereocenters. The number of aromatic nitrogens is 2. The number of amides is 1. The lowest BCUT2D eigenvalue weighted by molar-refractivity contribution is 0.0926. The zero-order chi connectivity index (χ0) is 15.4. The van der Waals surface area contributed by atoms with Gasteiger partial charge in [0.2, 0.25) is 0 Å². The van der Waals surface area contributed by atoms with Gasteiger partial charge < -0.3 is 9.73 Å². The van der Waals surface area contributed by atoms with E-state index in [1.165, 1.54) is 18.4 Å². The Morgan fingerprint density at radius 1 is 1.23 bits per heavy atom. The average molecular weight is 299 g/mol. The highest BCUT2D eigenvalue weighted by Gasteiger charge is 2.08. The number of nitrogens with one attached hydrogen (secondary N) is 1. The van der Waals surface area contributed by atoms with Crippen LogP contribution in [0.25, 0.3) is 5.69 Å². The highest BCUT2D eigenvalue weighted by Crippen LogP contribution is 2.09. The van der Waals surface area contributed by atoms with E-state index in [1.807, 2.05) is 6.07 Å². The predicted molar refractivity (Wildman–Crippen MR) is 78.3 cm³/mol. The number of furan rings is 1. The number of carbonyl (C=O) groups is 1. The minimum absolute atomic E-state index is 0.247. The van der Waals surface area contributed by atoms with Crippen LogP contribution >= 0.6 is 0 Å². The Bertz CT molecular complexity index is 748. The number of halogens is 1. The molecule has 22 heavy (non-hydrogen) atoms. The van der Waals surface area contributed by atoms with Crippen LogP contribution < -0.4 is 5.32 Å². The topological polar surface area (TPSA) is 60.1 Å². The van der Waals surface area contributed by atoms with Gasteiger partial charge in [0.15, 0.2) is 5.76 Å². The van der Waals surface area contributed by atoms with Gasteiger partial charge in [-0.2, -0.15) is 5.10 Å². The van der Waals surface area contributed by atoms with Crippen molar-refractivity contribution in [3.63, 3.8) is 0 Å². The molecule has 3 aromatic rings. The molecule has 1 amide bonds. The smallest absolute Gasteiger partial charge is 0.286 e. The SMILES string of the molecule is O=C(NCCc1ccn(-c2ccc(F)cc2)n1)c1ccco1. The molecule has 0 saturated heterocycles. The molecule has 0 spiro atoms. The molecule has 3 rings (SSSR count). The fourth-order valence-electron chi connectivity index (χ4n) is 2.03. The Balaban J connectivity index is 1.56. The summed E-state index contributed by atoms with van der Waals surface area (Å²) in [5.74, 6) is -0.239. The van der Waals surface area contributed by atoms with Gasteiger partial charge in [-0.25, -0.2) is 9.07 Å². The molecule has 1 N–H and O–H groups in total. The third-order valence-electron chi connectivity index (χ3n) is 3.15. The second-order valence-electron chi connectivity index (χ2n) is 4.71. The summed E-state index contributed by atoms with van der Waals surface area (Å²) in [6, 6.07) is 11.2. The van der Waals surface area contributed by atoms with Crippen molar-refractivity contribution in [2.45, 2.75) is 6.42 Å². The number of hydrogen-bond acceptors (Lipinski definition) is 3. The predicted octanol–water partition coefficient (Wildman–Crippen LogP) is 2.58. The number of carbonyl (C=O) groups excluding carboxylic acids is 1. The summed E-state index contributed by atoms with van der Waals surface area (Å²) in [5, 5.41) is 7.15. The van der Waals surface area contributed by atoms with Crippen molar-refractivity contribution in [1.82, 2.24) is 15.1 Å². The normalized spacial score (nSPS) is 10.6. The summed E-state index contributed by atoms with van der Waals surface area (Å²) >= 11 is 0. The van der Waals surface area contributed by atoms with Gasteiger partial charge in [-0.3, -0.25) is 4.79 Å². The zero-order valence-corrected chi connectivity index (χ0v) is 11.7. The quantitative estimate of drug-likeness (QED) is 0.787. The number of nitrogens with zero attached hydrogens (tertiary/aromatic N) is 2. The van der Waals surface area contributed by atoms with E-state index >= 15 is 0 Å². The molecular formula is C16H14FN3O2. The second kappa shape index (κ2) is 6.26. The molecule has 5 nitrogen and oxygen atoms in total. The molecule has 112 valence electrons. The molecule has 0 fully saturated rings. The molecule has 6 heteroatoms. The van der Waals surface area contributed by atoms with E-state index in [0.717, 1.165) is 11.4 Å². The lowest BCUT2D eigenvalue weighted by atomic mass is 10.3. The first-order valence-electron chi connectivity index (χ1n) is 6.84. The Kier molecular flexibility index (Phi) is 4.00. The van der Waals surface area contributed by atoms with Crippen molar-refractivity contribution < 1.29 is 13.6 Å². The van der Waals surface area contributed by atoms with E-state index in [0.29, 0.717) is 13.0 Å². The molecule has 0 unspecified atom stereocenters. The molecule has 1 aromatic carbocycles. The minimum Gasteiger partial charge on any atom is -0.459 e. The summed E-state index contributed by atoms with van der Waals surface area (Å²) in [4.78, 5) is 11.7. The van der Waals surface area contributed by atoms with Crippen LogP contribution in [0.1, 0.15) is 16.2 Å². The van der Waals surface area contributed by atoms with Gasteiger partial charge in [0.1, 0.15) is 5.82 Å². The number of hydrogen-bond donors (Lipinski definition) is 1. The van der Waals surface area contributed by atoms with Gasteiger partial charge >= 0.3 is 0 Å². The van der Waals surface area contributed by atoms with E-state index in [4.69, 9.17) is 4.42 Å². The van der Waals surface area contributed by atoms with E-state index in [-0.39, 0.29) is 17.5 Å². The van der Waals surface area contributed by atoms with Crippen molar-refractivity contribution in [3.05, 3.63) is 72.2 Å². The van der Waals surface area contributed by atoms with Crippen LogP contribution in [-0.4, -0.2) is 22.2 Å². The van der Waals surface area contributed by atoms with Crippen molar-refractivity contribution >= 4 is 5.91 Å². The Morgan fingerprint density at radius 2 is 2.05 bits per heavy atom. The summed E-state index contributed by atoms with van der Waals surface area (Å²) in [5.41, 5.74) is 1.62. The van der Waals surface area contributed by atoms with E-state index < -0.39 is 0 Å². The molecule has 2 aromatic heterocycles. The minimum atomic E-state index is -0.281. The molecule has 2 heterocycles. The van der Waals surface area contributed by atoms with E-state index in [1.54, 1.807) is 35.1 Å². The Labute approximate surface area is 126 Å². The first-order valence-corrected chi connectivity index (χ1v) is 6.84. The van der Waals surface area contributed by atoms with Gasteiger partial charge in [0.05, 0.1) is 17.6 Å². The molecule has 0 saturated carbocycles. The first kappa shape index (κ1) is 14.1. The number of rotatable bonds is 5. The van der Waals surface area contributed by atoms with Gasteiger partial charge in [-0.1, -0.05) is 0 Å². The van der Waals surface area contributed by atoms with Crippen molar-refractivity contribution in [1.29, 1.82) is 0 Å². The second-order valence-corrected chi connectivity index (χ2v) is 4.71.